The van der Waals surface area contributed by atoms with Crippen LogP contribution in [0, 0.1) is 5.82 Å². The second-order valence-corrected chi connectivity index (χ2v) is 7.84. The monoisotopic (exact) mass is 483 g/mol. The molecule has 1 fully saturated rings. The molecule has 4 rings (SSSR count). The van der Waals surface area contributed by atoms with Gasteiger partial charge in [-0.1, -0.05) is 29.8 Å². The molecule has 7 nitrogen and oxygen atoms in total. The number of aliphatic hydroxyl groups is 1. The summed E-state index contributed by atoms with van der Waals surface area (Å²) < 4.78 is 24.6. The molecule has 0 radical (unpaired) electrons. The highest BCUT2D eigenvalue weighted by atomic mass is 35.5. The molecule has 0 spiro atoms. The largest absolute Gasteiger partial charge is 0.508 e. The highest BCUT2D eigenvalue weighted by Crippen LogP contribution is 2.45. The fourth-order valence-electron chi connectivity index (χ4n) is 3.93. The van der Waals surface area contributed by atoms with Crippen molar-refractivity contribution in [2.45, 2.75) is 6.04 Å². The first-order valence-corrected chi connectivity index (χ1v) is 10.4. The summed E-state index contributed by atoms with van der Waals surface area (Å²) in [7, 11) is 2.74. The fourth-order valence-corrected chi connectivity index (χ4v) is 4.16. The number of halogens is 2. The zero-order valence-electron chi connectivity index (χ0n) is 18.1. The molecule has 3 aromatic rings. The zero-order valence-corrected chi connectivity index (χ0v) is 18.8. The zero-order chi connectivity index (χ0) is 24.6. The summed E-state index contributed by atoms with van der Waals surface area (Å²) in [6.45, 7) is 0. The molecule has 2 N–H and O–H groups in total. The number of hydrogen-bond donors (Lipinski definition) is 2. The van der Waals surface area contributed by atoms with Gasteiger partial charge in [-0.05, 0) is 42.0 Å². The van der Waals surface area contributed by atoms with Crippen LogP contribution in [0.5, 0.6) is 17.2 Å². The molecule has 1 aliphatic rings. The van der Waals surface area contributed by atoms with Gasteiger partial charge in [0.1, 0.15) is 28.8 Å². The number of anilines is 1. The Morgan fingerprint density at radius 3 is 2.35 bits per heavy atom. The number of nitrogens with zero attached hydrogens (tertiary/aromatic N) is 1. The lowest BCUT2D eigenvalue weighted by molar-refractivity contribution is -0.132. The molecule has 3 aromatic carbocycles. The molecule has 9 heteroatoms. The van der Waals surface area contributed by atoms with Crippen molar-refractivity contribution in [1.82, 2.24) is 0 Å². The minimum absolute atomic E-state index is 0.0612. The van der Waals surface area contributed by atoms with Crippen LogP contribution in [0.15, 0.2) is 66.2 Å². The number of ketones is 1. The minimum atomic E-state index is -1.17. The van der Waals surface area contributed by atoms with Crippen LogP contribution in [-0.2, 0) is 9.59 Å². The van der Waals surface area contributed by atoms with Gasteiger partial charge in [0.25, 0.3) is 11.7 Å². The molecule has 0 aromatic heterocycles. The molecule has 174 valence electrons. The number of ether oxygens (including phenoxy) is 2. The van der Waals surface area contributed by atoms with Crippen LogP contribution >= 0.6 is 11.6 Å². The van der Waals surface area contributed by atoms with Crippen molar-refractivity contribution < 1.29 is 33.7 Å². The average molecular weight is 484 g/mol. The Morgan fingerprint density at radius 1 is 1.00 bits per heavy atom. The first-order valence-electron chi connectivity index (χ1n) is 10.0. The number of hydrogen-bond acceptors (Lipinski definition) is 6. The third-order valence-electron chi connectivity index (χ3n) is 5.45. The number of aromatic hydroxyl groups is 1. The van der Waals surface area contributed by atoms with E-state index in [1.807, 2.05) is 0 Å². The number of carbonyl (C=O) groups is 2. The summed E-state index contributed by atoms with van der Waals surface area (Å²) >= 11 is 6.16. The van der Waals surface area contributed by atoms with Crippen LogP contribution in [-0.4, -0.2) is 36.1 Å². The molecule has 1 heterocycles. The molecule has 0 aliphatic carbocycles. The number of phenols is 1. The first kappa shape index (κ1) is 23.1. The van der Waals surface area contributed by atoms with Gasteiger partial charge in [0, 0.05) is 11.8 Å². The van der Waals surface area contributed by atoms with E-state index >= 15 is 0 Å². The molecule has 34 heavy (non-hydrogen) atoms. The van der Waals surface area contributed by atoms with Gasteiger partial charge in [0.15, 0.2) is 0 Å². The van der Waals surface area contributed by atoms with Crippen LogP contribution in [0.25, 0.3) is 5.76 Å². The molecular weight excluding hydrogens is 465 g/mol. The Hall–Kier alpha value is -4.04. The third kappa shape index (κ3) is 3.92. The van der Waals surface area contributed by atoms with Crippen molar-refractivity contribution in [3.63, 3.8) is 0 Å². The Balaban J connectivity index is 2.01. The molecule has 1 amide bonds. The maximum Gasteiger partial charge on any atom is 0.300 e. The van der Waals surface area contributed by atoms with Gasteiger partial charge in [-0.25, -0.2) is 4.39 Å². The molecule has 0 saturated carbocycles. The third-order valence-corrected chi connectivity index (χ3v) is 5.74. The number of amides is 1. The number of carbonyl (C=O) groups excluding carboxylic acids is 2. The van der Waals surface area contributed by atoms with Crippen molar-refractivity contribution >= 4 is 34.7 Å². The molecule has 0 bridgehead atoms. The summed E-state index contributed by atoms with van der Waals surface area (Å²) in [5, 5.41) is 21.6. The van der Waals surface area contributed by atoms with Gasteiger partial charge in [0.2, 0.25) is 0 Å². The van der Waals surface area contributed by atoms with E-state index in [4.69, 9.17) is 21.1 Å². The average Bonchev–Trinajstić information content (AvgIpc) is 3.09. The van der Waals surface area contributed by atoms with E-state index < -0.39 is 29.3 Å². The summed E-state index contributed by atoms with van der Waals surface area (Å²) in [5.41, 5.74) is 0.216. The highest BCUT2D eigenvalue weighted by Gasteiger charge is 2.47. The summed E-state index contributed by atoms with van der Waals surface area (Å²) in [5.74, 6) is -2.90. The quantitative estimate of drug-likeness (QED) is 0.306. The van der Waals surface area contributed by atoms with Gasteiger partial charge >= 0.3 is 0 Å². The normalized spacial score (nSPS) is 17.2. The van der Waals surface area contributed by atoms with Gasteiger partial charge in [0.05, 0.1) is 36.4 Å². The minimum Gasteiger partial charge on any atom is -0.508 e. The molecule has 1 unspecified atom stereocenters. The van der Waals surface area contributed by atoms with Crippen molar-refractivity contribution in [3.05, 3.63) is 88.2 Å². The fraction of sp³-hybridized carbons (Fsp3) is 0.120. The summed E-state index contributed by atoms with van der Waals surface area (Å²) in [4.78, 5) is 27.4. The van der Waals surface area contributed by atoms with E-state index in [0.29, 0.717) is 5.56 Å². The second-order valence-electron chi connectivity index (χ2n) is 7.43. The van der Waals surface area contributed by atoms with Crippen molar-refractivity contribution in [1.29, 1.82) is 0 Å². The standard InChI is InChI=1S/C25H19ClFNO6/c1-33-19-12-18(26)20(34-2)11-17(19)23(30)21-22(13-5-3-8-16(29)9-13)28(25(32)24(21)31)15-7-4-6-14(27)10-15/h3-12,22,29-30H,1-2H3/b23-21+. The predicted octanol–water partition coefficient (Wildman–Crippen LogP) is 4.83. The Morgan fingerprint density at radius 2 is 1.71 bits per heavy atom. The van der Waals surface area contributed by atoms with Crippen LogP contribution in [0.1, 0.15) is 17.2 Å². The molecular formula is C25H19ClFNO6. The lowest BCUT2D eigenvalue weighted by Gasteiger charge is -2.25. The second kappa shape index (κ2) is 9.07. The number of phenolic OH excluding ortho intramolecular Hbond substituents is 1. The number of aliphatic hydroxyl groups excluding tert-OH is 1. The van der Waals surface area contributed by atoms with E-state index in [0.717, 1.165) is 11.0 Å². The summed E-state index contributed by atoms with van der Waals surface area (Å²) in [6, 6.07) is 12.7. The van der Waals surface area contributed by atoms with E-state index in [1.165, 1.54) is 62.8 Å². The predicted molar refractivity (Wildman–Crippen MR) is 124 cm³/mol. The Labute approximate surface area is 199 Å². The van der Waals surface area contributed by atoms with E-state index in [2.05, 4.69) is 0 Å². The SMILES string of the molecule is COc1cc(/C(O)=C2\C(=O)C(=O)N(c3cccc(F)c3)C2c2cccc(O)c2)c(OC)cc1Cl. The summed E-state index contributed by atoms with van der Waals surface area (Å²) in [6.07, 6.45) is 0. The van der Waals surface area contributed by atoms with Crippen molar-refractivity contribution in [3.8, 4) is 17.2 Å². The Bertz CT molecular complexity index is 1340. The lowest BCUT2D eigenvalue weighted by atomic mass is 9.94. The van der Waals surface area contributed by atoms with Crippen LogP contribution < -0.4 is 14.4 Å². The molecule has 1 saturated heterocycles. The number of Topliss-reactive ketones (excluding diaryl/α,β-unsaturated/α-hetero) is 1. The Kier molecular flexibility index (Phi) is 6.17. The number of methoxy groups -OCH3 is 2. The van der Waals surface area contributed by atoms with Gasteiger partial charge in [-0.3, -0.25) is 14.5 Å². The van der Waals surface area contributed by atoms with Crippen LogP contribution in [0.4, 0.5) is 10.1 Å². The van der Waals surface area contributed by atoms with Gasteiger partial charge in [-0.15, -0.1) is 0 Å². The topological polar surface area (TPSA) is 96.3 Å². The maximum absolute atomic E-state index is 14.0. The van der Waals surface area contributed by atoms with Gasteiger partial charge < -0.3 is 19.7 Å². The molecule has 1 aliphatic heterocycles. The smallest absolute Gasteiger partial charge is 0.300 e. The highest BCUT2D eigenvalue weighted by molar-refractivity contribution is 6.51. The van der Waals surface area contributed by atoms with Gasteiger partial charge in [-0.2, -0.15) is 0 Å². The maximum atomic E-state index is 14.0. The van der Waals surface area contributed by atoms with Crippen molar-refractivity contribution in [2.24, 2.45) is 0 Å². The number of benzene rings is 3. The van der Waals surface area contributed by atoms with Crippen LogP contribution in [0.3, 0.4) is 0 Å². The molecule has 1 atom stereocenters. The van der Waals surface area contributed by atoms with E-state index in [-0.39, 0.29) is 39.1 Å². The van der Waals surface area contributed by atoms with Crippen molar-refractivity contribution in [2.75, 3.05) is 19.1 Å². The first-order chi connectivity index (χ1) is 16.3. The lowest BCUT2D eigenvalue weighted by Crippen LogP contribution is -2.29. The van der Waals surface area contributed by atoms with Crippen LogP contribution in [0.2, 0.25) is 5.02 Å². The van der Waals surface area contributed by atoms with E-state index in [1.54, 1.807) is 6.07 Å². The van der Waals surface area contributed by atoms with E-state index in [9.17, 15) is 24.2 Å². The number of rotatable bonds is 5.